The van der Waals surface area contributed by atoms with Gasteiger partial charge < -0.3 is 10.0 Å². The van der Waals surface area contributed by atoms with E-state index in [4.69, 9.17) is 5.11 Å². The van der Waals surface area contributed by atoms with Gasteiger partial charge in [-0.15, -0.1) is 0 Å². The molecule has 0 atom stereocenters. The van der Waals surface area contributed by atoms with Crippen molar-refractivity contribution in [1.82, 2.24) is 0 Å². The molecule has 1 aromatic rings. The van der Waals surface area contributed by atoms with E-state index in [-0.39, 0.29) is 5.91 Å². The summed E-state index contributed by atoms with van der Waals surface area (Å²) in [5, 5.41) is 8.48. The normalized spacial score (nSPS) is 10.5. The molecule has 1 aromatic carbocycles. The Morgan fingerprint density at radius 2 is 1.88 bits per heavy atom. The van der Waals surface area contributed by atoms with Crippen molar-refractivity contribution in [2.45, 2.75) is 13.3 Å². The van der Waals surface area contributed by atoms with Crippen LogP contribution in [0.15, 0.2) is 30.3 Å². The van der Waals surface area contributed by atoms with Crippen LogP contribution < -0.4 is 4.90 Å². The van der Waals surface area contributed by atoms with Crippen LogP contribution in [-0.4, -0.2) is 24.0 Å². The van der Waals surface area contributed by atoms with Gasteiger partial charge in [0.25, 0.3) is 0 Å². The predicted octanol–water partition coefficient (Wildman–Crippen LogP) is 2.16. The molecule has 17 heavy (non-hydrogen) atoms. The smallest absolute Gasteiger partial charge is 0.328 e. The van der Waals surface area contributed by atoms with Crippen molar-refractivity contribution in [2.24, 2.45) is 0 Å². The van der Waals surface area contributed by atoms with Crippen LogP contribution in [0.4, 0.5) is 5.69 Å². The van der Waals surface area contributed by atoms with Crippen LogP contribution in [0.5, 0.6) is 0 Å². The molecular formula is C13H15NO3. The zero-order valence-electron chi connectivity index (χ0n) is 9.88. The van der Waals surface area contributed by atoms with E-state index in [1.165, 1.54) is 6.08 Å². The monoisotopic (exact) mass is 233 g/mol. The predicted molar refractivity (Wildman–Crippen MR) is 66.8 cm³/mol. The summed E-state index contributed by atoms with van der Waals surface area (Å²) in [4.78, 5) is 23.4. The van der Waals surface area contributed by atoms with Crippen molar-refractivity contribution in [3.8, 4) is 0 Å². The van der Waals surface area contributed by atoms with E-state index in [1.807, 2.05) is 6.92 Å². The first kappa shape index (κ1) is 13.0. The molecule has 0 heterocycles. The maximum atomic E-state index is 11.4. The summed E-state index contributed by atoms with van der Waals surface area (Å²) >= 11 is 0. The Morgan fingerprint density at radius 1 is 1.29 bits per heavy atom. The average Bonchev–Trinajstić information content (AvgIpc) is 2.35. The van der Waals surface area contributed by atoms with Crippen molar-refractivity contribution in [2.75, 3.05) is 11.9 Å². The van der Waals surface area contributed by atoms with E-state index >= 15 is 0 Å². The Hall–Kier alpha value is -2.10. The third-order valence-corrected chi connectivity index (χ3v) is 2.38. The van der Waals surface area contributed by atoms with Crippen LogP contribution in [0, 0.1) is 0 Å². The maximum Gasteiger partial charge on any atom is 0.328 e. The minimum absolute atomic E-state index is 0.0406. The Labute approximate surface area is 100 Å². The van der Waals surface area contributed by atoms with E-state index in [9.17, 15) is 9.59 Å². The van der Waals surface area contributed by atoms with Gasteiger partial charge in [-0.25, -0.2) is 4.79 Å². The molecule has 0 bridgehead atoms. The zero-order valence-corrected chi connectivity index (χ0v) is 9.88. The van der Waals surface area contributed by atoms with Gasteiger partial charge >= 0.3 is 5.97 Å². The molecular weight excluding hydrogens is 218 g/mol. The van der Waals surface area contributed by atoms with E-state index in [2.05, 4.69) is 0 Å². The van der Waals surface area contributed by atoms with Crippen LogP contribution in [0.25, 0.3) is 6.08 Å². The fraction of sp³-hybridized carbons (Fsp3) is 0.231. The molecule has 0 aliphatic carbocycles. The highest BCUT2D eigenvalue weighted by molar-refractivity contribution is 5.92. The summed E-state index contributed by atoms with van der Waals surface area (Å²) < 4.78 is 0. The number of carbonyl (C=O) groups is 2. The highest BCUT2D eigenvalue weighted by Gasteiger charge is 2.07. The van der Waals surface area contributed by atoms with Crippen molar-refractivity contribution in [3.63, 3.8) is 0 Å². The molecule has 1 rings (SSSR count). The number of hydrogen-bond acceptors (Lipinski definition) is 2. The zero-order chi connectivity index (χ0) is 12.8. The number of rotatable bonds is 4. The van der Waals surface area contributed by atoms with E-state index in [1.54, 1.807) is 36.2 Å². The number of carboxylic acid groups (broad SMARTS) is 1. The minimum Gasteiger partial charge on any atom is -0.478 e. The average molecular weight is 233 g/mol. The van der Waals surface area contributed by atoms with Gasteiger partial charge in [-0.3, -0.25) is 4.79 Å². The largest absolute Gasteiger partial charge is 0.478 e. The Morgan fingerprint density at radius 3 is 2.35 bits per heavy atom. The lowest BCUT2D eigenvalue weighted by Gasteiger charge is -2.16. The third kappa shape index (κ3) is 3.75. The van der Waals surface area contributed by atoms with Crippen LogP contribution in [0.3, 0.4) is 0 Å². The Kier molecular flexibility index (Phi) is 4.46. The molecule has 0 unspecified atom stereocenters. The molecule has 0 aliphatic rings. The molecule has 4 heteroatoms. The summed E-state index contributed by atoms with van der Waals surface area (Å²) in [7, 11) is 1.72. The highest BCUT2D eigenvalue weighted by Crippen LogP contribution is 2.15. The Balaban J connectivity index is 2.81. The molecule has 1 N–H and O–H groups in total. The van der Waals surface area contributed by atoms with Crippen molar-refractivity contribution >= 4 is 23.6 Å². The van der Waals surface area contributed by atoms with Gasteiger partial charge in [0.05, 0.1) is 0 Å². The first-order valence-corrected chi connectivity index (χ1v) is 5.32. The number of amides is 1. The Bertz CT molecular complexity index is 434. The number of carboxylic acids is 1. The van der Waals surface area contributed by atoms with E-state index < -0.39 is 5.97 Å². The molecule has 90 valence electrons. The lowest BCUT2D eigenvalue weighted by atomic mass is 10.2. The second-order valence-corrected chi connectivity index (χ2v) is 3.57. The summed E-state index contributed by atoms with van der Waals surface area (Å²) in [6, 6.07) is 7.12. The summed E-state index contributed by atoms with van der Waals surface area (Å²) in [5.41, 5.74) is 1.58. The molecule has 0 saturated heterocycles. The summed E-state index contributed by atoms with van der Waals surface area (Å²) in [6.07, 6.45) is 3.04. The standard InChI is InChI=1S/C13H15NO3/c1-3-12(15)14(2)11-7-4-10(5-8-11)6-9-13(16)17/h4-9H,3H2,1-2H3,(H,16,17)/b9-6+. The fourth-order valence-corrected chi connectivity index (χ4v) is 1.36. The number of anilines is 1. The van der Waals surface area contributed by atoms with Crippen molar-refractivity contribution < 1.29 is 14.7 Å². The molecule has 0 aromatic heterocycles. The first-order valence-electron chi connectivity index (χ1n) is 5.32. The number of nitrogens with zero attached hydrogens (tertiary/aromatic N) is 1. The molecule has 1 amide bonds. The number of aliphatic carboxylic acids is 1. The lowest BCUT2D eigenvalue weighted by molar-refractivity contribution is -0.131. The lowest BCUT2D eigenvalue weighted by Crippen LogP contribution is -2.24. The number of benzene rings is 1. The maximum absolute atomic E-state index is 11.4. The van der Waals surface area contributed by atoms with Gasteiger partial charge in [0.2, 0.25) is 5.91 Å². The molecule has 0 aliphatic heterocycles. The molecule has 0 radical (unpaired) electrons. The quantitative estimate of drug-likeness (QED) is 0.811. The van der Waals surface area contributed by atoms with Crippen LogP contribution in [0.2, 0.25) is 0 Å². The van der Waals surface area contributed by atoms with Crippen molar-refractivity contribution in [3.05, 3.63) is 35.9 Å². The molecule has 0 fully saturated rings. The topological polar surface area (TPSA) is 57.6 Å². The number of hydrogen-bond donors (Lipinski definition) is 1. The minimum atomic E-state index is -0.979. The van der Waals surface area contributed by atoms with Gasteiger partial charge in [-0.05, 0) is 23.8 Å². The first-order chi connectivity index (χ1) is 8.04. The van der Waals surface area contributed by atoms with Gasteiger partial charge in [0, 0.05) is 25.2 Å². The van der Waals surface area contributed by atoms with Gasteiger partial charge in [-0.2, -0.15) is 0 Å². The molecule has 0 saturated carbocycles. The van der Waals surface area contributed by atoms with Gasteiger partial charge in [0.1, 0.15) is 0 Å². The summed E-state index contributed by atoms with van der Waals surface area (Å²) in [5.74, 6) is -0.939. The van der Waals surface area contributed by atoms with E-state index in [0.717, 1.165) is 17.3 Å². The van der Waals surface area contributed by atoms with Crippen LogP contribution in [0.1, 0.15) is 18.9 Å². The summed E-state index contributed by atoms with van der Waals surface area (Å²) in [6.45, 7) is 1.81. The second kappa shape index (κ2) is 5.84. The highest BCUT2D eigenvalue weighted by atomic mass is 16.4. The third-order valence-electron chi connectivity index (χ3n) is 2.38. The van der Waals surface area contributed by atoms with Gasteiger partial charge in [-0.1, -0.05) is 19.1 Å². The van der Waals surface area contributed by atoms with E-state index in [0.29, 0.717) is 6.42 Å². The van der Waals surface area contributed by atoms with Crippen molar-refractivity contribution in [1.29, 1.82) is 0 Å². The number of carbonyl (C=O) groups excluding carboxylic acids is 1. The SMILES string of the molecule is CCC(=O)N(C)c1ccc(/C=C/C(=O)O)cc1. The molecule has 4 nitrogen and oxygen atoms in total. The fourth-order valence-electron chi connectivity index (χ4n) is 1.36. The molecule has 0 spiro atoms. The van der Waals surface area contributed by atoms with Crippen LogP contribution >= 0.6 is 0 Å². The van der Waals surface area contributed by atoms with Crippen LogP contribution in [-0.2, 0) is 9.59 Å². The second-order valence-electron chi connectivity index (χ2n) is 3.57. The van der Waals surface area contributed by atoms with Gasteiger partial charge in [0.15, 0.2) is 0 Å².